The molecule has 0 amide bonds. The molecular weight excluding hydrogens is 236 g/mol. The maximum absolute atomic E-state index is 10.9. The third-order valence-corrected chi connectivity index (χ3v) is 2.48. The standard InChI is InChI=1S/C11H12N4O3/c1-14-11(10(18-2)7-12-14)13-8-5-3-4-6-9(8)15(16)17/h3-7,13H,1-2H3. The Labute approximate surface area is 103 Å². The van der Waals surface area contributed by atoms with Gasteiger partial charge in [0.05, 0.1) is 18.2 Å². The lowest BCUT2D eigenvalue weighted by Crippen LogP contribution is -2.02. The minimum atomic E-state index is -0.439. The third kappa shape index (κ3) is 2.10. The number of rotatable bonds is 4. The molecule has 7 heteroatoms. The SMILES string of the molecule is COc1cnn(C)c1Nc1ccccc1[N+](=O)[O-]. The van der Waals surface area contributed by atoms with Gasteiger partial charge in [0.2, 0.25) is 0 Å². The quantitative estimate of drug-likeness (QED) is 0.661. The molecule has 7 nitrogen and oxygen atoms in total. The lowest BCUT2D eigenvalue weighted by atomic mass is 10.2. The van der Waals surface area contributed by atoms with Crippen LogP contribution in [0.5, 0.6) is 5.75 Å². The van der Waals surface area contributed by atoms with Gasteiger partial charge < -0.3 is 10.1 Å². The van der Waals surface area contributed by atoms with Crippen LogP contribution in [0.15, 0.2) is 30.5 Å². The van der Waals surface area contributed by atoms with Crippen molar-refractivity contribution in [3.8, 4) is 5.75 Å². The fourth-order valence-corrected chi connectivity index (χ4v) is 1.58. The van der Waals surface area contributed by atoms with Crippen molar-refractivity contribution < 1.29 is 9.66 Å². The normalized spacial score (nSPS) is 10.1. The van der Waals surface area contributed by atoms with Crippen molar-refractivity contribution in [2.75, 3.05) is 12.4 Å². The molecule has 0 aliphatic heterocycles. The zero-order chi connectivity index (χ0) is 13.1. The molecule has 0 bridgehead atoms. The van der Waals surface area contributed by atoms with Crippen molar-refractivity contribution >= 4 is 17.2 Å². The highest BCUT2D eigenvalue weighted by molar-refractivity contribution is 5.70. The largest absolute Gasteiger partial charge is 0.491 e. The predicted molar refractivity (Wildman–Crippen MR) is 66.1 cm³/mol. The Morgan fingerprint density at radius 3 is 2.83 bits per heavy atom. The molecule has 18 heavy (non-hydrogen) atoms. The molecule has 0 aliphatic carbocycles. The number of nitro benzene ring substituents is 1. The highest BCUT2D eigenvalue weighted by atomic mass is 16.6. The molecule has 0 saturated heterocycles. The fraction of sp³-hybridized carbons (Fsp3) is 0.182. The van der Waals surface area contributed by atoms with Gasteiger partial charge in [-0.05, 0) is 6.07 Å². The van der Waals surface area contributed by atoms with E-state index in [1.54, 1.807) is 29.9 Å². The van der Waals surface area contributed by atoms with Crippen LogP contribution in [0.3, 0.4) is 0 Å². The molecule has 1 aromatic carbocycles. The number of anilines is 2. The van der Waals surface area contributed by atoms with E-state index in [-0.39, 0.29) is 5.69 Å². The predicted octanol–water partition coefficient (Wildman–Crippen LogP) is 2.08. The van der Waals surface area contributed by atoms with Crippen molar-refractivity contribution in [3.05, 3.63) is 40.6 Å². The Hall–Kier alpha value is -2.57. The Morgan fingerprint density at radius 2 is 2.17 bits per heavy atom. The highest BCUT2D eigenvalue weighted by Crippen LogP contribution is 2.31. The van der Waals surface area contributed by atoms with Crippen LogP contribution in [-0.2, 0) is 7.05 Å². The summed E-state index contributed by atoms with van der Waals surface area (Å²) in [7, 11) is 3.24. The lowest BCUT2D eigenvalue weighted by molar-refractivity contribution is -0.383. The van der Waals surface area contributed by atoms with Crippen LogP contribution in [0.25, 0.3) is 0 Å². The van der Waals surface area contributed by atoms with Crippen LogP contribution < -0.4 is 10.1 Å². The first-order valence-electron chi connectivity index (χ1n) is 5.20. The van der Waals surface area contributed by atoms with Crippen molar-refractivity contribution in [2.24, 2.45) is 7.05 Å². The molecule has 0 aliphatic rings. The average Bonchev–Trinajstić information content (AvgIpc) is 2.71. The number of nitro groups is 1. The molecule has 0 unspecified atom stereocenters. The fourth-order valence-electron chi connectivity index (χ4n) is 1.58. The zero-order valence-corrected chi connectivity index (χ0v) is 9.95. The van der Waals surface area contributed by atoms with Gasteiger partial charge in [-0.25, -0.2) is 4.68 Å². The molecule has 1 heterocycles. The molecule has 0 saturated carbocycles. The number of nitrogens with one attached hydrogen (secondary N) is 1. The maximum atomic E-state index is 10.9. The monoisotopic (exact) mass is 248 g/mol. The van der Waals surface area contributed by atoms with Gasteiger partial charge in [0, 0.05) is 13.1 Å². The summed E-state index contributed by atoms with van der Waals surface area (Å²) >= 11 is 0. The summed E-state index contributed by atoms with van der Waals surface area (Å²) in [5.74, 6) is 1.09. The summed E-state index contributed by atoms with van der Waals surface area (Å²) in [5, 5.41) is 17.9. The Balaban J connectivity index is 2.40. The first-order valence-corrected chi connectivity index (χ1v) is 5.20. The van der Waals surface area contributed by atoms with E-state index in [0.29, 0.717) is 17.3 Å². The molecule has 0 spiro atoms. The first-order chi connectivity index (χ1) is 8.63. The smallest absolute Gasteiger partial charge is 0.292 e. The minimum Gasteiger partial charge on any atom is -0.491 e. The van der Waals surface area contributed by atoms with E-state index in [2.05, 4.69) is 10.4 Å². The van der Waals surface area contributed by atoms with Gasteiger partial charge in [0.25, 0.3) is 5.69 Å². The van der Waals surface area contributed by atoms with Gasteiger partial charge >= 0.3 is 0 Å². The molecule has 2 aromatic rings. The van der Waals surface area contributed by atoms with E-state index in [1.165, 1.54) is 19.4 Å². The van der Waals surface area contributed by atoms with E-state index < -0.39 is 4.92 Å². The number of aromatic nitrogens is 2. The molecule has 1 N–H and O–H groups in total. The summed E-state index contributed by atoms with van der Waals surface area (Å²) in [6.07, 6.45) is 1.54. The number of hydrogen-bond acceptors (Lipinski definition) is 5. The number of nitrogens with zero attached hydrogens (tertiary/aromatic N) is 3. The summed E-state index contributed by atoms with van der Waals surface area (Å²) in [6.45, 7) is 0. The molecule has 1 aromatic heterocycles. The topological polar surface area (TPSA) is 82.2 Å². The molecule has 0 atom stereocenters. The van der Waals surface area contributed by atoms with E-state index in [9.17, 15) is 10.1 Å². The van der Waals surface area contributed by atoms with Crippen molar-refractivity contribution in [2.45, 2.75) is 0 Å². The second-order valence-electron chi connectivity index (χ2n) is 3.58. The van der Waals surface area contributed by atoms with Crippen LogP contribution in [0, 0.1) is 10.1 Å². The molecule has 0 fully saturated rings. The number of hydrogen-bond donors (Lipinski definition) is 1. The zero-order valence-electron chi connectivity index (χ0n) is 9.95. The second kappa shape index (κ2) is 4.74. The Bertz CT molecular complexity index is 579. The van der Waals surface area contributed by atoms with Gasteiger partial charge in [-0.15, -0.1) is 0 Å². The van der Waals surface area contributed by atoms with Gasteiger partial charge in [0.15, 0.2) is 11.6 Å². The van der Waals surface area contributed by atoms with Gasteiger partial charge in [-0.3, -0.25) is 10.1 Å². The molecular formula is C11H12N4O3. The van der Waals surface area contributed by atoms with Gasteiger partial charge in [0.1, 0.15) is 5.69 Å². The highest BCUT2D eigenvalue weighted by Gasteiger charge is 2.16. The van der Waals surface area contributed by atoms with Gasteiger partial charge in [-0.2, -0.15) is 5.10 Å². The van der Waals surface area contributed by atoms with Crippen molar-refractivity contribution in [1.82, 2.24) is 9.78 Å². The lowest BCUT2D eigenvalue weighted by Gasteiger charge is -2.08. The first kappa shape index (κ1) is 11.9. The van der Waals surface area contributed by atoms with E-state index in [1.807, 2.05) is 0 Å². The number of methoxy groups -OCH3 is 1. The number of aryl methyl sites for hydroxylation is 1. The van der Waals surface area contributed by atoms with Crippen molar-refractivity contribution in [1.29, 1.82) is 0 Å². The average molecular weight is 248 g/mol. The minimum absolute atomic E-state index is 0.000697. The summed E-state index contributed by atoms with van der Waals surface area (Å²) in [4.78, 5) is 10.5. The maximum Gasteiger partial charge on any atom is 0.292 e. The van der Waals surface area contributed by atoms with Gasteiger partial charge in [-0.1, -0.05) is 12.1 Å². The van der Waals surface area contributed by atoms with Crippen LogP contribution in [0.4, 0.5) is 17.2 Å². The number of ether oxygens (including phenoxy) is 1. The van der Waals surface area contributed by atoms with E-state index >= 15 is 0 Å². The summed E-state index contributed by atoms with van der Waals surface area (Å²) < 4.78 is 6.67. The number of benzene rings is 1. The number of para-hydroxylation sites is 2. The molecule has 0 radical (unpaired) electrons. The van der Waals surface area contributed by atoms with Crippen molar-refractivity contribution in [3.63, 3.8) is 0 Å². The Morgan fingerprint density at radius 1 is 1.44 bits per heavy atom. The van der Waals surface area contributed by atoms with Crippen LogP contribution >= 0.6 is 0 Å². The van der Waals surface area contributed by atoms with E-state index in [0.717, 1.165) is 0 Å². The van der Waals surface area contributed by atoms with E-state index in [4.69, 9.17) is 4.74 Å². The van der Waals surface area contributed by atoms with Crippen LogP contribution in [-0.4, -0.2) is 21.8 Å². The summed E-state index contributed by atoms with van der Waals surface area (Å²) in [5.41, 5.74) is 0.394. The molecule has 2 rings (SSSR count). The Kier molecular flexibility index (Phi) is 3.13. The van der Waals surface area contributed by atoms with Crippen LogP contribution in [0.1, 0.15) is 0 Å². The second-order valence-corrected chi connectivity index (χ2v) is 3.58. The molecule has 94 valence electrons. The third-order valence-electron chi connectivity index (χ3n) is 2.48. The van der Waals surface area contributed by atoms with Crippen LogP contribution in [0.2, 0.25) is 0 Å². The summed E-state index contributed by atoms with van der Waals surface area (Å²) in [6, 6.07) is 6.40.